The molecule has 0 N–H and O–H groups in total. The first-order chi connectivity index (χ1) is 9.29. The highest BCUT2D eigenvalue weighted by molar-refractivity contribution is 5.80. The van der Waals surface area contributed by atoms with Crippen LogP contribution in [0, 0.1) is 0 Å². The van der Waals surface area contributed by atoms with Crippen LogP contribution in [0.15, 0.2) is 18.2 Å². The lowest BCUT2D eigenvalue weighted by atomic mass is 10.0. The summed E-state index contributed by atoms with van der Waals surface area (Å²) >= 11 is 0. The molecular formula is C15H17NO3. The van der Waals surface area contributed by atoms with Crippen molar-refractivity contribution in [3.8, 4) is 11.5 Å². The lowest BCUT2D eigenvalue weighted by Gasteiger charge is -2.33. The Morgan fingerprint density at radius 2 is 1.84 bits per heavy atom. The summed E-state index contributed by atoms with van der Waals surface area (Å²) in [4.78, 5) is 14.1. The normalized spacial score (nSPS) is 28.9. The van der Waals surface area contributed by atoms with Crippen molar-refractivity contribution in [1.82, 2.24) is 4.90 Å². The average molecular weight is 259 g/mol. The Bertz CT molecular complexity index is 512. The van der Waals surface area contributed by atoms with E-state index in [4.69, 9.17) is 9.47 Å². The van der Waals surface area contributed by atoms with Crippen LogP contribution in [-0.2, 0) is 11.3 Å². The first kappa shape index (κ1) is 11.3. The molecule has 0 amide bonds. The van der Waals surface area contributed by atoms with Gasteiger partial charge in [0.2, 0.25) is 6.79 Å². The van der Waals surface area contributed by atoms with Crippen molar-refractivity contribution in [2.24, 2.45) is 0 Å². The maximum absolute atomic E-state index is 11.6. The van der Waals surface area contributed by atoms with Crippen LogP contribution >= 0.6 is 0 Å². The van der Waals surface area contributed by atoms with Crippen molar-refractivity contribution >= 4 is 5.78 Å². The molecule has 1 aromatic carbocycles. The number of Topliss-reactive ketones (excluding diaryl/α,β-unsaturated/α-hetero) is 1. The molecule has 0 spiro atoms. The number of hydrogen-bond acceptors (Lipinski definition) is 4. The van der Waals surface area contributed by atoms with E-state index in [0.29, 0.717) is 24.7 Å². The smallest absolute Gasteiger partial charge is 0.231 e. The zero-order valence-corrected chi connectivity index (χ0v) is 10.8. The Hall–Kier alpha value is -1.55. The summed E-state index contributed by atoms with van der Waals surface area (Å²) in [6.07, 6.45) is 3.81. The van der Waals surface area contributed by atoms with E-state index in [1.54, 1.807) is 0 Å². The van der Waals surface area contributed by atoms with Gasteiger partial charge in [-0.3, -0.25) is 9.69 Å². The molecular weight excluding hydrogens is 242 g/mol. The molecule has 2 saturated heterocycles. The Morgan fingerprint density at radius 3 is 2.63 bits per heavy atom. The summed E-state index contributed by atoms with van der Waals surface area (Å²) in [6.45, 7) is 1.24. The summed E-state index contributed by atoms with van der Waals surface area (Å²) in [5.74, 6) is 2.12. The van der Waals surface area contributed by atoms with Gasteiger partial charge in [-0.25, -0.2) is 0 Å². The highest BCUT2D eigenvalue weighted by Gasteiger charge is 2.39. The van der Waals surface area contributed by atoms with Crippen molar-refractivity contribution in [3.63, 3.8) is 0 Å². The Morgan fingerprint density at radius 1 is 1.11 bits per heavy atom. The van der Waals surface area contributed by atoms with Crippen LogP contribution in [0.3, 0.4) is 0 Å². The minimum Gasteiger partial charge on any atom is -0.454 e. The number of fused-ring (bicyclic) bond motifs is 3. The topological polar surface area (TPSA) is 38.8 Å². The average Bonchev–Trinajstić information content (AvgIpc) is 2.94. The second-order valence-electron chi connectivity index (χ2n) is 5.69. The van der Waals surface area contributed by atoms with E-state index in [0.717, 1.165) is 30.9 Å². The number of piperidine rings is 1. The van der Waals surface area contributed by atoms with Gasteiger partial charge >= 0.3 is 0 Å². The molecule has 3 aliphatic rings. The van der Waals surface area contributed by atoms with Crippen LogP contribution in [0.5, 0.6) is 11.5 Å². The quantitative estimate of drug-likeness (QED) is 0.815. The number of carbonyl (C=O) groups is 1. The molecule has 19 heavy (non-hydrogen) atoms. The summed E-state index contributed by atoms with van der Waals surface area (Å²) in [6, 6.07) is 7.06. The van der Waals surface area contributed by atoms with E-state index < -0.39 is 0 Å². The van der Waals surface area contributed by atoms with Gasteiger partial charge in [0, 0.05) is 31.5 Å². The van der Waals surface area contributed by atoms with Gasteiger partial charge in [-0.15, -0.1) is 0 Å². The van der Waals surface area contributed by atoms with Crippen molar-refractivity contribution in [2.75, 3.05) is 6.79 Å². The lowest BCUT2D eigenvalue weighted by molar-refractivity contribution is -0.123. The third-order valence-electron chi connectivity index (χ3n) is 4.50. The van der Waals surface area contributed by atoms with Crippen LogP contribution in [0.25, 0.3) is 0 Å². The maximum atomic E-state index is 11.6. The molecule has 0 unspecified atom stereocenters. The molecule has 2 fully saturated rings. The first-order valence-corrected chi connectivity index (χ1v) is 6.95. The molecule has 4 nitrogen and oxygen atoms in total. The zero-order chi connectivity index (χ0) is 12.8. The van der Waals surface area contributed by atoms with E-state index >= 15 is 0 Å². The van der Waals surface area contributed by atoms with Crippen LogP contribution in [-0.4, -0.2) is 29.6 Å². The summed E-state index contributed by atoms with van der Waals surface area (Å²) in [7, 11) is 0. The van der Waals surface area contributed by atoms with E-state index in [1.165, 1.54) is 18.4 Å². The highest BCUT2D eigenvalue weighted by Crippen LogP contribution is 2.37. The number of ketones is 1. The molecule has 3 aliphatic heterocycles. The Balaban J connectivity index is 1.54. The monoisotopic (exact) mass is 259 g/mol. The first-order valence-electron chi connectivity index (χ1n) is 6.95. The second kappa shape index (κ2) is 4.23. The molecule has 100 valence electrons. The van der Waals surface area contributed by atoms with Gasteiger partial charge in [0.1, 0.15) is 5.78 Å². The van der Waals surface area contributed by atoms with Gasteiger partial charge in [-0.2, -0.15) is 0 Å². The molecule has 2 atom stereocenters. The maximum Gasteiger partial charge on any atom is 0.231 e. The predicted molar refractivity (Wildman–Crippen MR) is 69.2 cm³/mol. The highest BCUT2D eigenvalue weighted by atomic mass is 16.7. The van der Waals surface area contributed by atoms with Crippen molar-refractivity contribution < 1.29 is 14.3 Å². The van der Waals surface area contributed by atoms with Crippen molar-refractivity contribution in [1.29, 1.82) is 0 Å². The molecule has 4 heteroatoms. The number of rotatable bonds is 2. The molecule has 0 aliphatic carbocycles. The van der Waals surface area contributed by atoms with Gasteiger partial charge in [0.25, 0.3) is 0 Å². The van der Waals surface area contributed by atoms with Gasteiger partial charge in [-0.1, -0.05) is 6.07 Å². The largest absolute Gasteiger partial charge is 0.454 e. The number of hydrogen-bond donors (Lipinski definition) is 0. The SMILES string of the molecule is O=C1C[C@H]2CC[C@@H](C1)N2Cc1ccc2c(c1)OCO2. The molecule has 3 heterocycles. The van der Waals surface area contributed by atoms with Gasteiger partial charge in [0.05, 0.1) is 0 Å². The van der Waals surface area contributed by atoms with Crippen LogP contribution in [0.4, 0.5) is 0 Å². The van der Waals surface area contributed by atoms with Gasteiger partial charge in [-0.05, 0) is 30.5 Å². The van der Waals surface area contributed by atoms with Gasteiger partial charge < -0.3 is 9.47 Å². The van der Waals surface area contributed by atoms with Crippen LogP contribution < -0.4 is 9.47 Å². The third-order valence-corrected chi connectivity index (χ3v) is 4.50. The second-order valence-corrected chi connectivity index (χ2v) is 5.69. The van der Waals surface area contributed by atoms with E-state index in [9.17, 15) is 4.79 Å². The van der Waals surface area contributed by atoms with E-state index in [-0.39, 0.29) is 0 Å². The standard InChI is InChI=1S/C15H17NO3/c17-13-6-11-2-3-12(7-13)16(11)8-10-1-4-14-15(5-10)19-9-18-14/h1,4-5,11-12H,2-3,6-9H2/t11-,12+. The number of ether oxygens (including phenoxy) is 2. The number of benzene rings is 1. The predicted octanol–water partition coefficient (Wildman–Crippen LogP) is 2.11. The minimum absolute atomic E-state index is 0.322. The third kappa shape index (κ3) is 1.91. The number of nitrogens with zero attached hydrogens (tertiary/aromatic N) is 1. The Labute approximate surface area is 112 Å². The zero-order valence-electron chi connectivity index (χ0n) is 10.8. The Kier molecular flexibility index (Phi) is 2.52. The molecule has 0 aromatic heterocycles. The lowest BCUT2D eigenvalue weighted by Crippen LogP contribution is -2.42. The molecule has 1 aromatic rings. The minimum atomic E-state index is 0.322. The van der Waals surface area contributed by atoms with Crippen molar-refractivity contribution in [3.05, 3.63) is 23.8 Å². The fourth-order valence-corrected chi connectivity index (χ4v) is 3.57. The molecule has 2 bridgehead atoms. The fourth-order valence-electron chi connectivity index (χ4n) is 3.57. The number of carbonyl (C=O) groups excluding carboxylic acids is 1. The van der Waals surface area contributed by atoms with Crippen molar-refractivity contribution in [2.45, 2.75) is 44.3 Å². The van der Waals surface area contributed by atoms with E-state index in [1.807, 2.05) is 6.07 Å². The molecule has 0 radical (unpaired) electrons. The summed E-state index contributed by atoms with van der Waals surface area (Å²) in [5.41, 5.74) is 1.25. The molecule has 4 rings (SSSR count). The van der Waals surface area contributed by atoms with Crippen LogP contribution in [0.1, 0.15) is 31.2 Å². The molecule has 0 saturated carbocycles. The van der Waals surface area contributed by atoms with Crippen LogP contribution in [0.2, 0.25) is 0 Å². The van der Waals surface area contributed by atoms with Gasteiger partial charge in [0.15, 0.2) is 11.5 Å². The fraction of sp³-hybridized carbons (Fsp3) is 0.533. The van der Waals surface area contributed by atoms with E-state index in [2.05, 4.69) is 17.0 Å². The summed E-state index contributed by atoms with van der Waals surface area (Å²) in [5, 5.41) is 0. The summed E-state index contributed by atoms with van der Waals surface area (Å²) < 4.78 is 10.8.